The van der Waals surface area contributed by atoms with Crippen LogP contribution in [0.15, 0.2) is 54.6 Å². The summed E-state index contributed by atoms with van der Waals surface area (Å²) in [6.07, 6.45) is 1.87. The third-order valence-corrected chi connectivity index (χ3v) is 4.54. The Labute approximate surface area is 147 Å². The standard InChI is InChI=1S/C20H22N2O3/c23-19(21-13-16-8-4-9-17(12-16)20(24)25)18-10-5-11-22(18)14-15-6-2-1-3-7-15/h1-4,6-9,12,18H,5,10-11,13-14H2,(H,21,23)(H,24,25). The highest BCUT2D eigenvalue weighted by atomic mass is 16.4. The van der Waals surface area contributed by atoms with Crippen LogP contribution in [0.25, 0.3) is 0 Å². The molecule has 1 heterocycles. The van der Waals surface area contributed by atoms with Crippen molar-refractivity contribution >= 4 is 11.9 Å². The summed E-state index contributed by atoms with van der Waals surface area (Å²) >= 11 is 0. The Morgan fingerprint density at radius 2 is 1.84 bits per heavy atom. The summed E-state index contributed by atoms with van der Waals surface area (Å²) in [5.74, 6) is -0.952. The van der Waals surface area contributed by atoms with Crippen molar-refractivity contribution in [2.24, 2.45) is 0 Å². The molecule has 5 nitrogen and oxygen atoms in total. The van der Waals surface area contributed by atoms with Crippen LogP contribution in [0.3, 0.4) is 0 Å². The normalized spacial score (nSPS) is 17.4. The number of aromatic carboxylic acids is 1. The number of amides is 1. The van der Waals surface area contributed by atoms with Crippen molar-refractivity contribution < 1.29 is 14.7 Å². The minimum Gasteiger partial charge on any atom is -0.478 e. The molecule has 3 rings (SSSR count). The van der Waals surface area contributed by atoms with Crippen LogP contribution in [-0.2, 0) is 17.9 Å². The maximum Gasteiger partial charge on any atom is 0.335 e. The summed E-state index contributed by atoms with van der Waals surface area (Å²) in [6, 6.07) is 16.7. The van der Waals surface area contributed by atoms with E-state index in [0.717, 1.165) is 31.5 Å². The molecule has 2 aromatic carbocycles. The number of benzene rings is 2. The first kappa shape index (κ1) is 17.2. The number of carboxylic acids is 1. The first-order chi connectivity index (χ1) is 12.1. The molecular weight excluding hydrogens is 316 g/mol. The van der Waals surface area contributed by atoms with Crippen LogP contribution in [0, 0.1) is 0 Å². The predicted octanol–water partition coefficient (Wildman–Crippen LogP) is 2.67. The van der Waals surface area contributed by atoms with Crippen LogP contribution >= 0.6 is 0 Å². The van der Waals surface area contributed by atoms with E-state index in [1.165, 1.54) is 5.56 Å². The number of carboxylic acid groups (broad SMARTS) is 1. The van der Waals surface area contributed by atoms with Crippen molar-refractivity contribution in [2.45, 2.75) is 32.0 Å². The molecule has 1 unspecified atom stereocenters. The molecule has 0 saturated carbocycles. The lowest BCUT2D eigenvalue weighted by molar-refractivity contribution is -0.125. The van der Waals surface area contributed by atoms with E-state index in [1.807, 2.05) is 24.3 Å². The van der Waals surface area contributed by atoms with Gasteiger partial charge in [-0.25, -0.2) is 4.79 Å². The quantitative estimate of drug-likeness (QED) is 0.850. The van der Waals surface area contributed by atoms with Crippen molar-refractivity contribution in [3.63, 3.8) is 0 Å². The average Bonchev–Trinajstić information content (AvgIpc) is 3.09. The van der Waals surface area contributed by atoms with Crippen LogP contribution in [0.1, 0.15) is 34.3 Å². The molecule has 1 saturated heterocycles. The van der Waals surface area contributed by atoms with Gasteiger partial charge in [-0.3, -0.25) is 9.69 Å². The van der Waals surface area contributed by atoms with Gasteiger partial charge in [-0.2, -0.15) is 0 Å². The van der Waals surface area contributed by atoms with Crippen molar-refractivity contribution in [2.75, 3.05) is 6.54 Å². The van der Waals surface area contributed by atoms with Gasteiger partial charge in [0.2, 0.25) is 5.91 Å². The SMILES string of the molecule is O=C(O)c1cccc(CNC(=O)C2CCCN2Cc2ccccc2)c1. The molecule has 1 aliphatic heterocycles. The third kappa shape index (κ3) is 4.45. The molecule has 0 bridgehead atoms. The van der Waals surface area contributed by atoms with Crippen LogP contribution in [-0.4, -0.2) is 34.5 Å². The molecule has 0 spiro atoms. The number of carbonyl (C=O) groups excluding carboxylic acids is 1. The Balaban J connectivity index is 1.58. The summed E-state index contributed by atoms with van der Waals surface area (Å²) in [4.78, 5) is 25.8. The van der Waals surface area contributed by atoms with E-state index in [0.29, 0.717) is 6.54 Å². The number of likely N-dealkylation sites (tertiary alicyclic amines) is 1. The number of nitrogens with zero attached hydrogens (tertiary/aromatic N) is 1. The van der Waals surface area contributed by atoms with Crippen molar-refractivity contribution in [3.8, 4) is 0 Å². The summed E-state index contributed by atoms with van der Waals surface area (Å²) in [7, 11) is 0. The lowest BCUT2D eigenvalue weighted by Crippen LogP contribution is -2.42. The Hall–Kier alpha value is -2.66. The van der Waals surface area contributed by atoms with E-state index in [-0.39, 0.29) is 17.5 Å². The molecule has 0 aliphatic carbocycles. The molecule has 0 radical (unpaired) electrons. The number of nitrogens with one attached hydrogen (secondary N) is 1. The molecule has 25 heavy (non-hydrogen) atoms. The highest BCUT2D eigenvalue weighted by molar-refractivity contribution is 5.87. The van der Waals surface area contributed by atoms with Crippen molar-refractivity contribution in [3.05, 3.63) is 71.3 Å². The van der Waals surface area contributed by atoms with Crippen molar-refractivity contribution in [1.29, 1.82) is 0 Å². The maximum atomic E-state index is 12.6. The van der Waals surface area contributed by atoms with Crippen LogP contribution in [0.4, 0.5) is 0 Å². The third-order valence-electron chi connectivity index (χ3n) is 4.54. The Morgan fingerprint density at radius 3 is 2.60 bits per heavy atom. The summed E-state index contributed by atoms with van der Waals surface area (Å²) in [5, 5.41) is 12.0. The highest BCUT2D eigenvalue weighted by Gasteiger charge is 2.30. The molecule has 1 atom stereocenters. The summed E-state index contributed by atoms with van der Waals surface area (Å²) in [6.45, 7) is 2.03. The first-order valence-corrected chi connectivity index (χ1v) is 8.51. The highest BCUT2D eigenvalue weighted by Crippen LogP contribution is 2.20. The summed E-state index contributed by atoms with van der Waals surface area (Å²) in [5.41, 5.74) is 2.23. The van der Waals surface area contributed by atoms with Gasteiger partial charge in [0, 0.05) is 13.1 Å². The van der Waals surface area contributed by atoms with Gasteiger partial charge in [-0.15, -0.1) is 0 Å². The van der Waals surface area contributed by atoms with E-state index in [9.17, 15) is 9.59 Å². The van der Waals surface area contributed by atoms with E-state index >= 15 is 0 Å². The minimum atomic E-state index is -0.960. The second kappa shape index (κ2) is 7.94. The van der Waals surface area contributed by atoms with Crippen LogP contribution < -0.4 is 5.32 Å². The largest absolute Gasteiger partial charge is 0.478 e. The second-order valence-corrected chi connectivity index (χ2v) is 6.34. The Bertz CT molecular complexity index is 746. The fourth-order valence-corrected chi connectivity index (χ4v) is 3.25. The second-order valence-electron chi connectivity index (χ2n) is 6.34. The van der Waals surface area contributed by atoms with Gasteiger partial charge in [0.05, 0.1) is 11.6 Å². The van der Waals surface area contributed by atoms with Gasteiger partial charge < -0.3 is 10.4 Å². The number of rotatable bonds is 6. The lowest BCUT2D eigenvalue weighted by Gasteiger charge is -2.23. The van der Waals surface area contributed by atoms with Crippen LogP contribution in [0.5, 0.6) is 0 Å². The van der Waals surface area contributed by atoms with Gasteiger partial charge in [0.1, 0.15) is 0 Å². The van der Waals surface area contributed by atoms with E-state index < -0.39 is 5.97 Å². The average molecular weight is 338 g/mol. The maximum absolute atomic E-state index is 12.6. The number of hydrogen-bond acceptors (Lipinski definition) is 3. The van der Waals surface area contributed by atoms with E-state index in [4.69, 9.17) is 5.11 Å². The van der Waals surface area contributed by atoms with Gasteiger partial charge in [0.15, 0.2) is 0 Å². The van der Waals surface area contributed by atoms with Crippen molar-refractivity contribution in [1.82, 2.24) is 10.2 Å². The monoisotopic (exact) mass is 338 g/mol. The molecular formula is C20H22N2O3. The zero-order valence-corrected chi connectivity index (χ0v) is 14.0. The number of hydrogen-bond donors (Lipinski definition) is 2. The zero-order valence-electron chi connectivity index (χ0n) is 14.0. The summed E-state index contributed by atoms with van der Waals surface area (Å²) < 4.78 is 0. The predicted molar refractivity (Wildman–Crippen MR) is 95.1 cm³/mol. The van der Waals surface area contributed by atoms with Gasteiger partial charge in [-0.1, -0.05) is 42.5 Å². The fourth-order valence-electron chi connectivity index (χ4n) is 3.25. The molecule has 2 aromatic rings. The molecule has 5 heteroatoms. The zero-order chi connectivity index (χ0) is 17.6. The molecule has 1 fully saturated rings. The topological polar surface area (TPSA) is 69.6 Å². The first-order valence-electron chi connectivity index (χ1n) is 8.51. The van der Waals surface area contributed by atoms with Gasteiger partial charge in [0.25, 0.3) is 0 Å². The smallest absolute Gasteiger partial charge is 0.335 e. The Kier molecular flexibility index (Phi) is 5.46. The number of carbonyl (C=O) groups is 2. The minimum absolute atomic E-state index is 0.00848. The molecule has 0 aromatic heterocycles. The van der Waals surface area contributed by atoms with Gasteiger partial charge >= 0.3 is 5.97 Å². The van der Waals surface area contributed by atoms with Crippen LogP contribution in [0.2, 0.25) is 0 Å². The molecule has 2 N–H and O–H groups in total. The Morgan fingerprint density at radius 1 is 1.08 bits per heavy atom. The van der Waals surface area contributed by atoms with Gasteiger partial charge in [-0.05, 0) is 42.6 Å². The molecule has 130 valence electrons. The lowest BCUT2D eigenvalue weighted by atomic mass is 10.1. The molecule has 1 amide bonds. The van der Waals surface area contributed by atoms with E-state index in [2.05, 4.69) is 22.3 Å². The molecule has 1 aliphatic rings. The van der Waals surface area contributed by atoms with E-state index in [1.54, 1.807) is 18.2 Å². The fraction of sp³-hybridized carbons (Fsp3) is 0.300.